The second-order valence-corrected chi connectivity index (χ2v) is 4.69. The molecule has 1 rings (SSSR count). The Morgan fingerprint density at radius 1 is 1.32 bits per heavy atom. The lowest BCUT2D eigenvalue weighted by Crippen LogP contribution is -2.30. The predicted octanol–water partition coefficient (Wildman–Crippen LogP) is 2.37. The second-order valence-electron chi connectivity index (χ2n) is 3.84. The number of benzene rings is 1. The van der Waals surface area contributed by atoms with Crippen LogP contribution in [-0.4, -0.2) is 32.7 Å². The minimum absolute atomic E-state index is 0. The van der Waals surface area contributed by atoms with Crippen LogP contribution in [0.25, 0.3) is 0 Å². The monoisotopic (exact) mass is 350 g/mol. The number of hydrogen-bond donors (Lipinski definition) is 2. The summed E-state index contributed by atoms with van der Waals surface area (Å²) in [7, 11) is 1.86. The lowest BCUT2D eigenvalue weighted by Gasteiger charge is -2.08. The van der Waals surface area contributed by atoms with Crippen LogP contribution in [0, 0.1) is 0 Å². The van der Waals surface area contributed by atoms with Crippen molar-refractivity contribution in [1.29, 1.82) is 0 Å². The van der Waals surface area contributed by atoms with Crippen molar-refractivity contribution >= 4 is 34.2 Å². The second kappa shape index (κ2) is 11.1. The van der Waals surface area contributed by atoms with E-state index in [0.717, 1.165) is 16.8 Å². The maximum absolute atomic E-state index is 11.4. The number of rotatable bonds is 8. The number of carbonyl (C=O) groups excluding carboxylic acids is 1. The van der Waals surface area contributed by atoms with Crippen LogP contribution in [0.5, 0.6) is 5.75 Å². The first-order chi connectivity index (χ1) is 8.74. The minimum atomic E-state index is 0. The Labute approximate surface area is 128 Å². The quantitative estimate of drug-likeness (QED) is 0.707. The predicted molar refractivity (Wildman–Crippen MR) is 83.1 cm³/mol. The average molecular weight is 352 g/mol. The number of amides is 1. The van der Waals surface area contributed by atoms with Gasteiger partial charge in [0.25, 0.3) is 0 Å². The number of ether oxygens (including phenoxy) is 1. The Kier molecular flexibility index (Phi) is 10.6. The van der Waals surface area contributed by atoms with Gasteiger partial charge in [0.2, 0.25) is 5.91 Å². The molecule has 0 aliphatic carbocycles. The molecule has 1 amide bonds. The van der Waals surface area contributed by atoms with Gasteiger partial charge in [0, 0.05) is 19.5 Å². The van der Waals surface area contributed by atoms with E-state index in [4.69, 9.17) is 4.74 Å². The molecule has 108 valence electrons. The molecule has 0 atom stereocenters. The Morgan fingerprint density at radius 2 is 2.05 bits per heavy atom. The minimum Gasteiger partial charge on any atom is -0.492 e. The molecule has 0 aliphatic rings. The van der Waals surface area contributed by atoms with Crippen molar-refractivity contribution in [3.8, 4) is 5.75 Å². The van der Waals surface area contributed by atoms with Gasteiger partial charge in [-0.1, -0.05) is 12.1 Å². The van der Waals surface area contributed by atoms with Crippen LogP contribution in [0.1, 0.15) is 12.8 Å². The maximum atomic E-state index is 11.4. The number of likely N-dealkylation sites (N-methyl/N-ethyl adjacent to an activating group) is 1. The summed E-state index contributed by atoms with van der Waals surface area (Å²) in [6.45, 7) is 2.00. The molecule has 0 aromatic heterocycles. The van der Waals surface area contributed by atoms with Crippen molar-refractivity contribution < 1.29 is 9.53 Å². The molecule has 0 bridgehead atoms. The van der Waals surface area contributed by atoms with E-state index in [1.807, 2.05) is 31.3 Å². The fourth-order valence-electron chi connectivity index (χ4n) is 1.39. The van der Waals surface area contributed by atoms with Gasteiger partial charge in [-0.2, -0.15) is 0 Å². The van der Waals surface area contributed by atoms with Gasteiger partial charge in [-0.25, -0.2) is 0 Å². The molecule has 1 aromatic rings. The van der Waals surface area contributed by atoms with E-state index in [9.17, 15) is 4.79 Å². The molecular weight excluding hydrogens is 332 g/mol. The Bertz CT molecular complexity index is 377. The van der Waals surface area contributed by atoms with Gasteiger partial charge in [-0.05, 0) is 41.5 Å². The van der Waals surface area contributed by atoms with Crippen molar-refractivity contribution in [2.75, 3.05) is 26.7 Å². The van der Waals surface area contributed by atoms with Crippen molar-refractivity contribution in [3.05, 3.63) is 28.7 Å². The molecule has 6 heteroatoms. The lowest BCUT2D eigenvalue weighted by molar-refractivity contribution is -0.121. The molecule has 0 fully saturated rings. The first-order valence-corrected chi connectivity index (χ1v) is 6.82. The SMILES string of the molecule is CNCCNC(=O)CCCOc1ccccc1Br.Cl. The van der Waals surface area contributed by atoms with Crippen LogP contribution in [0.2, 0.25) is 0 Å². The van der Waals surface area contributed by atoms with Gasteiger partial charge in [0.05, 0.1) is 11.1 Å². The largest absolute Gasteiger partial charge is 0.492 e. The summed E-state index contributed by atoms with van der Waals surface area (Å²) < 4.78 is 6.51. The van der Waals surface area contributed by atoms with Crippen LogP contribution < -0.4 is 15.4 Å². The standard InChI is InChI=1S/C13H19BrN2O2.ClH/c1-15-8-9-16-13(17)7-4-10-18-12-6-3-2-5-11(12)14;/h2-3,5-6,15H,4,7-10H2,1H3,(H,16,17);1H. The Morgan fingerprint density at radius 3 is 2.74 bits per heavy atom. The third kappa shape index (κ3) is 8.08. The zero-order valence-electron chi connectivity index (χ0n) is 10.9. The van der Waals surface area contributed by atoms with Crippen LogP contribution in [0.4, 0.5) is 0 Å². The summed E-state index contributed by atoms with van der Waals surface area (Å²) in [5.74, 6) is 0.883. The van der Waals surface area contributed by atoms with E-state index >= 15 is 0 Å². The maximum Gasteiger partial charge on any atom is 0.220 e. The van der Waals surface area contributed by atoms with Crippen LogP contribution in [-0.2, 0) is 4.79 Å². The number of halogens is 2. The van der Waals surface area contributed by atoms with E-state index in [2.05, 4.69) is 26.6 Å². The molecule has 19 heavy (non-hydrogen) atoms. The summed E-state index contributed by atoms with van der Waals surface area (Å²) in [6.07, 6.45) is 1.21. The van der Waals surface area contributed by atoms with Crippen molar-refractivity contribution in [2.45, 2.75) is 12.8 Å². The average Bonchev–Trinajstić information content (AvgIpc) is 2.37. The van der Waals surface area contributed by atoms with Crippen molar-refractivity contribution in [1.82, 2.24) is 10.6 Å². The van der Waals surface area contributed by atoms with Crippen LogP contribution in [0.15, 0.2) is 28.7 Å². The fraction of sp³-hybridized carbons (Fsp3) is 0.462. The molecule has 0 unspecified atom stereocenters. The summed E-state index contributed by atoms with van der Waals surface area (Å²) in [5.41, 5.74) is 0. The Balaban J connectivity index is 0.00000324. The normalized spacial score (nSPS) is 9.58. The van der Waals surface area contributed by atoms with Gasteiger partial charge >= 0.3 is 0 Å². The zero-order chi connectivity index (χ0) is 13.2. The number of carbonyl (C=O) groups is 1. The molecule has 0 heterocycles. The van der Waals surface area contributed by atoms with Crippen molar-refractivity contribution in [3.63, 3.8) is 0 Å². The smallest absolute Gasteiger partial charge is 0.220 e. The molecule has 0 saturated carbocycles. The van der Waals surface area contributed by atoms with Gasteiger partial charge in [0.15, 0.2) is 0 Å². The van der Waals surface area contributed by atoms with E-state index in [-0.39, 0.29) is 18.3 Å². The first-order valence-electron chi connectivity index (χ1n) is 6.02. The number of hydrogen-bond acceptors (Lipinski definition) is 3. The highest BCUT2D eigenvalue weighted by Crippen LogP contribution is 2.23. The van der Waals surface area contributed by atoms with Gasteiger partial charge in [0.1, 0.15) is 5.75 Å². The third-order valence-corrected chi connectivity index (χ3v) is 2.99. The summed E-state index contributed by atoms with van der Waals surface area (Å²) >= 11 is 3.41. The van der Waals surface area contributed by atoms with Gasteiger partial charge < -0.3 is 15.4 Å². The van der Waals surface area contributed by atoms with E-state index < -0.39 is 0 Å². The summed E-state index contributed by atoms with van der Waals surface area (Å²) in [6, 6.07) is 7.69. The molecule has 2 N–H and O–H groups in total. The molecule has 0 spiro atoms. The highest BCUT2D eigenvalue weighted by molar-refractivity contribution is 9.10. The fourth-order valence-corrected chi connectivity index (χ4v) is 1.79. The Hall–Kier alpha value is -0.780. The molecule has 0 saturated heterocycles. The van der Waals surface area contributed by atoms with E-state index in [1.54, 1.807) is 0 Å². The first kappa shape index (κ1) is 18.2. The molecule has 4 nitrogen and oxygen atoms in total. The van der Waals surface area contributed by atoms with Gasteiger partial charge in [-0.3, -0.25) is 4.79 Å². The number of para-hydroxylation sites is 1. The third-order valence-electron chi connectivity index (χ3n) is 2.34. The zero-order valence-corrected chi connectivity index (χ0v) is 13.4. The molecule has 1 aromatic carbocycles. The van der Waals surface area contributed by atoms with Crippen molar-refractivity contribution in [2.24, 2.45) is 0 Å². The highest BCUT2D eigenvalue weighted by atomic mass is 79.9. The summed E-state index contributed by atoms with van der Waals surface area (Å²) in [4.78, 5) is 11.4. The number of nitrogens with one attached hydrogen (secondary N) is 2. The highest BCUT2D eigenvalue weighted by Gasteiger charge is 2.02. The lowest BCUT2D eigenvalue weighted by atomic mass is 10.3. The van der Waals surface area contributed by atoms with E-state index in [1.165, 1.54) is 0 Å². The van der Waals surface area contributed by atoms with Crippen LogP contribution in [0.3, 0.4) is 0 Å². The van der Waals surface area contributed by atoms with E-state index in [0.29, 0.717) is 26.0 Å². The van der Waals surface area contributed by atoms with Crippen LogP contribution >= 0.6 is 28.3 Å². The molecule has 0 radical (unpaired) electrons. The topological polar surface area (TPSA) is 50.4 Å². The van der Waals surface area contributed by atoms with Gasteiger partial charge in [-0.15, -0.1) is 12.4 Å². The molecular formula is C13H20BrClN2O2. The molecule has 0 aliphatic heterocycles. The summed E-state index contributed by atoms with van der Waals surface area (Å²) in [5, 5.41) is 5.80.